The van der Waals surface area contributed by atoms with Gasteiger partial charge in [0.15, 0.2) is 0 Å². The number of allylic oxidation sites excluding steroid dienone is 8. The van der Waals surface area contributed by atoms with Gasteiger partial charge in [-0.25, -0.2) is 0 Å². The quantitative estimate of drug-likeness (QED) is 0.259. The number of carboxylic acid groups (broad SMARTS) is 1. The third-order valence-electron chi connectivity index (χ3n) is 3.22. The summed E-state index contributed by atoms with van der Waals surface area (Å²) in [6.07, 6.45) is 27.3. The molecule has 3 heteroatoms. The Bertz CT molecular complexity index is 368. The van der Waals surface area contributed by atoms with Crippen molar-refractivity contribution < 1.29 is 9.90 Å². The van der Waals surface area contributed by atoms with Crippen LogP contribution in [-0.4, -0.2) is 29.9 Å². The van der Waals surface area contributed by atoms with E-state index in [1.165, 1.54) is 25.7 Å². The Kier molecular flexibility index (Phi) is 22.2. The van der Waals surface area contributed by atoms with Crippen molar-refractivity contribution in [2.24, 2.45) is 0 Å². The monoisotopic (exact) mass is 312 g/mol. The molecule has 2 nitrogen and oxygen atoms in total. The summed E-state index contributed by atoms with van der Waals surface area (Å²) in [5.41, 5.74) is 0. The van der Waals surface area contributed by atoms with Crippen molar-refractivity contribution in [2.45, 2.75) is 71.1 Å². The first-order chi connectivity index (χ1) is 10.8. The average molecular weight is 312 g/mol. The fourth-order valence-electron chi connectivity index (χ4n) is 1.93. The minimum atomic E-state index is -0.712. The molecule has 0 amide bonds. The van der Waals surface area contributed by atoms with Gasteiger partial charge in [-0.3, -0.25) is 4.79 Å². The van der Waals surface area contributed by atoms with E-state index < -0.39 is 5.97 Å². The second kappa shape index (κ2) is 21.0. The van der Waals surface area contributed by atoms with Crippen LogP contribution in [0.1, 0.15) is 71.1 Å². The van der Waals surface area contributed by atoms with Crippen LogP contribution in [0.2, 0.25) is 0 Å². The van der Waals surface area contributed by atoms with E-state index in [0.29, 0.717) is 0 Å². The molecule has 0 aromatic rings. The van der Waals surface area contributed by atoms with E-state index in [1.54, 1.807) is 0 Å². The van der Waals surface area contributed by atoms with Crippen LogP contribution in [0.5, 0.6) is 0 Å². The summed E-state index contributed by atoms with van der Waals surface area (Å²) in [5, 5.41) is 8.49. The van der Waals surface area contributed by atoms with Crippen LogP contribution >= 0.6 is 0 Å². The van der Waals surface area contributed by atoms with Gasteiger partial charge in [0.25, 0.3) is 0 Å². The van der Waals surface area contributed by atoms with Crippen molar-refractivity contribution in [3.05, 3.63) is 48.6 Å². The van der Waals surface area contributed by atoms with Crippen LogP contribution in [0.4, 0.5) is 0 Å². The summed E-state index contributed by atoms with van der Waals surface area (Å²) in [5.74, 6) is -0.712. The number of unbranched alkanes of at least 4 members (excludes halogenated alkanes) is 4. The molecule has 0 spiro atoms. The maximum absolute atomic E-state index is 10.3. The normalized spacial score (nSPS) is 11.9. The second-order valence-electron chi connectivity index (χ2n) is 5.37. The zero-order valence-electron chi connectivity index (χ0n) is 14.0. The Morgan fingerprint density at radius 1 is 0.739 bits per heavy atom. The van der Waals surface area contributed by atoms with Crippen molar-refractivity contribution in [3.8, 4) is 0 Å². The van der Waals surface area contributed by atoms with Crippen molar-refractivity contribution in [1.82, 2.24) is 0 Å². The van der Waals surface area contributed by atoms with Crippen molar-refractivity contribution in [3.63, 3.8) is 0 Å². The number of aliphatic carboxylic acids is 1. The molecule has 1 N–H and O–H groups in total. The number of carboxylic acids is 1. The van der Waals surface area contributed by atoms with Crippen LogP contribution in [-0.2, 0) is 4.79 Å². The number of hydrogen-bond acceptors (Lipinski definition) is 1. The molecular formula is C20H33LiO2. The van der Waals surface area contributed by atoms with Gasteiger partial charge in [0, 0.05) is 6.42 Å². The van der Waals surface area contributed by atoms with E-state index in [4.69, 9.17) is 5.11 Å². The molecule has 23 heavy (non-hydrogen) atoms. The Hall–Kier alpha value is -0.973. The average Bonchev–Trinajstić information content (AvgIpc) is 2.50. The molecule has 0 aromatic heterocycles. The van der Waals surface area contributed by atoms with Crippen LogP contribution in [0.15, 0.2) is 48.6 Å². The number of carbonyl (C=O) groups is 1. The molecule has 0 rings (SSSR count). The van der Waals surface area contributed by atoms with E-state index in [9.17, 15) is 4.79 Å². The van der Waals surface area contributed by atoms with Crippen LogP contribution < -0.4 is 0 Å². The molecule has 0 atom stereocenters. The van der Waals surface area contributed by atoms with Crippen molar-refractivity contribution in [2.75, 3.05) is 0 Å². The fourth-order valence-corrected chi connectivity index (χ4v) is 1.93. The van der Waals surface area contributed by atoms with Gasteiger partial charge in [-0.05, 0) is 44.9 Å². The first-order valence-corrected chi connectivity index (χ1v) is 8.59. The van der Waals surface area contributed by atoms with E-state index >= 15 is 0 Å². The topological polar surface area (TPSA) is 37.3 Å². The van der Waals surface area contributed by atoms with Crippen molar-refractivity contribution in [1.29, 1.82) is 0 Å². The van der Waals surface area contributed by atoms with Gasteiger partial charge in [-0.2, -0.15) is 0 Å². The Morgan fingerprint density at radius 3 is 1.61 bits per heavy atom. The zero-order chi connectivity index (χ0) is 16.3. The van der Waals surface area contributed by atoms with Gasteiger partial charge in [0.1, 0.15) is 0 Å². The van der Waals surface area contributed by atoms with Crippen LogP contribution in [0, 0.1) is 0 Å². The molecule has 0 aliphatic heterocycles. The Labute approximate surface area is 154 Å². The molecule has 0 bridgehead atoms. The summed E-state index contributed by atoms with van der Waals surface area (Å²) < 4.78 is 0. The summed E-state index contributed by atoms with van der Waals surface area (Å²) in [4.78, 5) is 10.3. The standard InChI is InChI=1S/C20H32O2.Li.H/c1-2-3-4-5-6-7-8-9-10-11-12-13-14-15-16-17-18-19-20(21)22;;/h6-7,9-10,12-13,15-16H,2-5,8,11,14,17-19H2,1H3,(H,21,22);;. The van der Waals surface area contributed by atoms with Gasteiger partial charge in [-0.1, -0.05) is 68.4 Å². The zero-order valence-corrected chi connectivity index (χ0v) is 14.0. The molecule has 0 unspecified atom stereocenters. The van der Waals surface area contributed by atoms with Crippen molar-refractivity contribution >= 4 is 24.8 Å². The van der Waals surface area contributed by atoms with Gasteiger partial charge in [-0.15, -0.1) is 0 Å². The summed E-state index contributed by atoms with van der Waals surface area (Å²) >= 11 is 0. The first kappa shape index (κ1) is 24.3. The molecule has 0 aromatic carbocycles. The van der Waals surface area contributed by atoms with E-state index in [-0.39, 0.29) is 25.3 Å². The molecule has 126 valence electrons. The van der Waals surface area contributed by atoms with E-state index in [2.05, 4.69) is 55.5 Å². The predicted molar refractivity (Wildman–Crippen MR) is 103 cm³/mol. The molecule has 0 saturated heterocycles. The molecule has 0 heterocycles. The Morgan fingerprint density at radius 2 is 1.17 bits per heavy atom. The summed E-state index contributed by atoms with van der Waals surface area (Å²) in [7, 11) is 0. The van der Waals surface area contributed by atoms with E-state index in [1.807, 2.05) is 0 Å². The molecular weight excluding hydrogens is 279 g/mol. The SMILES string of the molecule is CCCCCC=CCC=CCC=CCC=CCCCC(=O)O.[LiH]. The summed E-state index contributed by atoms with van der Waals surface area (Å²) in [6, 6.07) is 0. The summed E-state index contributed by atoms with van der Waals surface area (Å²) in [6.45, 7) is 2.23. The maximum atomic E-state index is 10.3. The van der Waals surface area contributed by atoms with Gasteiger partial charge < -0.3 is 5.11 Å². The predicted octanol–water partition coefficient (Wildman–Crippen LogP) is 5.57. The Balaban J connectivity index is 0. The third kappa shape index (κ3) is 23.4. The molecule has 0 fully saturated rings. The second-order valence-corrected chi connectivity index (χ2v) is 5.37. The molecule has 0 saturated carbocycles. The first-order valence-electron chi connectivity index (χ1n) is 8.59. The molecule has 0 aliphatic carbocycles. The minimum absolute atomic E-state index is 0. The van der Waals surface area contributed by atoms with E-state index in [0.717, 1.165) is 32.1 Å². The molecule has 0 aliphatic rings. The number of hydrogen-bond donors (Lipinski definition) is 1. The third-order valence-corrected chi connectivity index (χ3v) is 3.22. The fraction of sp³-hybridized carbons (Fsp3) is 0.550. The van der Waals surface area contributed by atoms with Gasteiger partial charge in [0.2, 0.25) is 0 Å². The van der Waals surface area contributed by atoms with Crippen LogP contribution in [0.3, 0.4) is 0 Å². The van der Waals surface area contributed by atoms with Gasteiger partial charge >= 0.3 is 24.8 Å². The molecule has 0 radical (unpaired) electrons. The van der Waals surface area contributed by atoms with Gasteiger partial charge in [0.05, 0.1) is 0 Å². The number of rotatable bonds is 14. The van der Waals surface area contributed by atoms with Crippen LogP contribution in [0.25, 0.3) is 0 Å².